The van der Waals surface area contributed by atoms with Crippen LogP contribution in [0.25, 0.3) is 0 Å². The van der Waals surface area contributed by atoms with Gasteiger partial charge in [-0.15, -0.1) is 0 Å². The van der Waals surface area contributed by atoms with Gasteiger partial charge in [-0.2, -0.15) is 0 Å². The molecule has 0 aromatic heterocycles. The number of anilines is 1. The summed E-state index contributed by atoms with van der Waals surface area (Å²) in [6.45, 7) is 2.10. The molecule has 0 fully saturated rings. The molecule has 0 aliphatic carbocycles. The maximum absolute atomic E-state index is 10.3. The second-order valence-electron chi connectivity index (χ2n) is 4.29. The number of aryl methyl sites for hydroxylation is 1. The van der Waals surface area contributed by atoms with E-state index in [1.807, 2.05) is 14.1 Å². The van der Waals surface area contributed by atoms with Gasteiger partial charge < -0.3 is 9.45 Å². The van der Waals surface area contributed by atoms with E-state index in [1.165, 1.54) is 11.3 Å². The van der Waals surface area contributed by atoms with Gasteiger partial charge in [-0.05, 0) is 31.2 Å². The molecule has 0 bridgehead atoms. The fraction of sp³-hybridized carbons (Fsp3) is 0.200. The van der Waals surface area contributed by atoms with Gasteiger partial charge in [-0.1, -0.05) is 35.9 Å². The summed E-state index contributed by atoms with van der Waals surface area (Å²) in [6.07, 6.45) is 0. The van der Waals surface area contributed by atoms with Crippen LogP contribution >= 0.6 is 0 Å². The summed E-state index contributed by atoms with van der Waals surface area (Å²) in [5, 5.41) is 0. The van der Waals surface area contributed by atoms with Gasteiger partial charge in [0.2, 0.25) is 0 Å². The minimum absolute atomic E-state index is 0.442. The van der Waals surface area contributed by atoms with E-state index in [9.17, 15) is 4.21 Å². The molecule has 3 nitrogen and oxygen atoms in total. The molecule has 0 spiro atoms. The smallest absolute Gasteiger partial charge is 0.186 e. The lowest BCUT2D eigenvalue weighted by atomic mass is 10.2. The Bertz CT molecular complexity index is 509. The number of nitrogens with zero attached hydrogens (tertiary/aromatic N) is 1. The lowest BCUT2D eigenvalue weighted by molar-refractivity contribution is 0.564. The molecule has 102 valence electrons. The zero-order valence-corrected chi connectivity index (χ0v) is 12.2. The third kappa shape index (κ3) is 5.68. The standard InChI is InChI=1S/C9H13N.C6H6O2S/c1-8-4-6-9(7-5-8)10(2)3;7-9(8)6-4-2-1-3-5-6/h4-7H,1-3H3;1-5H,(H,7,8). The van der Waals surface area contributed by atoms with Gasteiger partial charge in [0.25, 0.3) is 0 Å². The van der Waals surface area contributed by atoms with Crippen LogP contribution in [0.15, 0.2) is 59.5 Å². The van der Waals surface area contributed by atoms with Gasteiger partial charge >= 0.3 is 0 Å². The molecule has 2 aromatic carbocycles. The quantitative estimate of drug-likeness (QED) is 0.856. The van der Waals surface area contributed by atoms with Crippen molar-refractivity contribution in [1.82, 2.24) is 0 Å². The third-order valence-electron chi connectivity index (χ3n) is 2.50. The summed E-state index contributed by atoms with van der Waals surface area (Å²) in [5.74, 6) is 0. The fourth-order valence-corrected chi connectivity index (χ4v) is 1.77. The first kappa shape index (κ1) is 15.4. The van der Waals surface area contributed by atoms with Crippen molar-refractivity contribution in [3.63, 3.8) is 0 Å². The summed E-state index contributed by atoms with van der Waals surface area (Å²) < 4.78 is 18.8. The van der Waals surface area contributed by atoms with E-state index in [-0.39, 0.29) is 0 Å². The van der Waals surface area contributed by atoms with E-state index >= 15 is 0 Å². The van der Waals surface area contributed by atoms with Crippen molar-refractivity contribution in [1.29, 1.82) is 0 Å². The van der Waals surface area contributed by atoms with Crippen LogP contribution < -0.4 is 4.90 Å². The van der Waals surface area contributed by atoms with E-state index in [0.717, 1.165) is 0 Å². The van der Waals surface area contributed by atoms with Crippen molar-refractivity contribution in [2.75, 3.05) is 19.0 Å². The molecule has 2 rings (SSSR count). The van der Waals surface area contributed by atoms with Crippen molar-refractivity contribution in [2.45, 2.75) is 11.8 Å². The third-order valence-corrected chi connectivity index (χ3v) is 3.17. The van der Waals surface area contributed by atoms with Gasteiger partial charge in [-0.25, -0.2) is 4.21 Å². The molecule has 4 heteroatoms. The molecule has 19 heavy (non-hydrogen) atoms. The zero-order valence-electron chi connectivity index (χ0n) is 11.4. The molecular formula is C15H19NO2S. The second-order valence-corrected chi connectivity index (χ2v) is 5.26. The van der Waals surface area contributed by atoms with E-state index < -0.39 is 11.1 Å². The molecule has 2 aromatic rings. The summed E-state index contributed by atoms with van der Waals surface area (Å²) >= 11 is -1.83. The molecule has 1 atom stereocenters. The highest BCUT2D eigenvalue weighted by atomic mass is 32.2. The molecule has 1 unspecified atom stereocenters. The molecule has 0 saturated heterocycles. The number of rotatable bonds is 2. The van der Waals surface area contributed by atoms with Crippen molar-refractivity contribution >= 4 is 16.8 Å². The van der Waals surface area contributed by atoms with Crippen LogP contribution in [0.1, 0.15) is 5.56 Å². The molecule has 1 N–H and O–H groups in total. The predicted molar refractivity (Wildman–Crippen MR) is 81.0 cm³/mol. The van der Waals surface area contributed by atoms with Gasteiger partial charge in [0, 0.05) is 19.8 Å². The monoisotopic (exact) mass is 277 g/mol. The van der Waals surface area contributed by atoms with Crippen LogP contribution in [0.4, 0.5) is 5.69 Å². The molecule has 0 saturated carbocycles. The van der Waals surface area contributed by atoms with E-state index in [0.29, 0.717) is 4.90 Å². The van der Waals surface area contributed by atoms with E-state index in [2.05, 4.69) is 36.1 Å². The number of benzene rings is 2. The first-order valence-electron chi connectivity index (χ1n) is 5.90. The average molecular weight is 277 g/mol. The van der Waals surface area contributed by atoms with E-state index in [1.54, 1.807) is 30.3 Å². The largest absolute Gasteiger partial charge is 0.378 e. The van der Waals surface area contributed by atoms with Gasteiger partial charge in [0.15, 0.2) is 11.1 Å². The SMILES string of the molecule is Cc1ccc(N(C)C)cc1.O=S(O)c1ccccc1. The highest BCUT2D eigenvalue weighted by Gasteiger charge is 1.93. The van der Waals surface area contributed by atoms with Gasteiger partial charge in [0.1, 0.15) is 0 Å². The van der Waals surface area contributed by atoms with Crippen molar-refractivity contribution in [3.8, 4) is 0 Å². The Morgan fingerprint density at radius 3 is 1.84 bits per heavy atom. The minimum Gasteiger partial charge on any atom is -0.378 e. The first-order chi connectivity index (χ1) is 9.00. The Morgan fingerprint density at radius 1 is 0.947 bits per heavy atom. The molecule has 0 heterocycles. The topological polar surface area (TPSA) is 40.5 Å². The summed E-state index contributed by atoms with van der Waals surface area (Å²) in [4.78, 5) is 2.54. The normalized spacial score (nSPS) is 11.2. The van der Waals surface area contributed by atoms with Crippen LogP contribution in [0, 0.1) is 6.92 Å². The summed E-state index contributed by atoms with van der Waals surface area (Å²) in [6, 6.07) is 16.9. The van der Waals surface area contributed by atoms with Crippen LogP contribution in [0.2, 0.25) is 0 Å². The molecule has 0 amide bonds. The molecular weight excluding hydrogens is 258 g/mol. The van der Waals surface area contributed by atoms with Gasteiger partial charge in [0.05, 0.1) is 4.90 Å². The van der Waals surface area contributed by atoms with Crippen LogP contribution in [0.5, 0.6) is 0 Å². The first-order valence-corrected chi connectivity index (χ1v) is 7.01. The highest BCUT2D eigenvalue weighted by Crippen LogP contribution is 2.10. The number of hydrogen-bond acceptors (Lipinski definition) is 2. The zero-order chi connectivity index (χ0) is 14.3. The van der Waals surface area contributed by atoms with Crippen LogP contribution in [-0.2, 0) is 11.1 Å². The van der Waals surface area contributed by atoms with Crippen molar-refractivity contribution < 1.29 is 8.76 Å². The Balaban J connectivity index is 0.000000191. The van der Waals surface area contributed by atoms with E-state index in [4.69, 9.17) is 4.55 Å². The Hall–Kier alpha value is -1.65. The lowest BCUT2D eigenvalue weighted by Gasteiger charge is -2.11. The summed E-state index contributed by atoms with van der Waals surface area (Å²) in [7, 11) is 4.09. The highest BCUT2D eigenvalue weighted by molar-refractivity contribution is 7.79. The molecule has 0 aliphatic heterocycles. The summed E-state index contributed by atoms with van der Waals surface area (Å²) in [5.41, 5.74) is 2.57. The van der Waals surface area contributed by atoms with Crippen molar-refractivity contribution in [2.24, 2.45) is 0 Å². The Kier molecular flexibility index (Phi) is 6.25. The lowest BCUT2D eigenvalue weighted by Crippen LogP contribution is -2.07. The number of hydrogen-bond donors (Lipinski definition) is 1. The molecule has 0 aliphatic rings. The molecule has 0 radical (unpaired) electrons. The maximum Gasteiger partial charge on any atom is 0.186 e. The minimum atomic E-state index is -1.83. The Labute approximate surface area is 117 Å². The maximum atomic E-state index is 10.3. The fourth-order valence-electron chi connectivity index (χ4n) is 1.38. The Morgan fingerprint density at radius 2 is 1.47 bits per heavy atom. The van der Waals surface area contributed by atoms with Crippen LogP contribution in [-0.4, -0.2) is 22.9 Å². The second kappa shape index (κ2) is 7.71. The van der Waals surface area contributed by atoms with Gasteiger partial charge in [-0.3, -0.25) is 0 Å². The van der Waals surface area contributed by atoms with Crippen molar-refractivity contribution in [3.05, 3.63) is 60.2 Å². The average Bonchev–Trinajstić information content (AvgIpc) is 2.41. The predicted octanol–water partition coefficient (Wildman–Crippen LogP) is 3.33. The van der Waals surface area contributed by atoms with Crippen LogP contribution in [0.3, 0.4) is 0 Å².